The Bertz CT molecular complexity index is 531. The molecule has 0 unspecified atom stereocenters. The molecule has 0 aliphatic heterocycles. The summed E-state index contributed by atoms with van der Waals surface area (Å²) in [5.74, 6) is 0.653. The van der Waals surface area contributed by atoms with E-state index in [1.165, 1.54) is 5.56 Å². The van der Waals surface area contributed by atoms with Crippen LogP contribution in [0.25, 0.3) is 10.6 Å². The van der Waals surface area contributed by atoms with Crippen LogP contribution in [0.5, 0.6) is 0 Å². The van der Waals surface area contributed by atoms with Crippen LogP contribution < -0.4 is 5.32 Å². The predicted molar refractivity (Wildman–Crippen MR) is 84.3 cm³/mol. The maximum Gasteiger partial charge on any atom is 0.147 e. The Morgan fingerprint density at radius 1 is 1.26 bits per heavy atom. The van der Waals surface area contributed by atoms with Gasteiger partial charge in [-0.15, -0.1) is 10.2 Å². The highest BCUT2D eigenvalue weighted by atomic mass is 79.9. The number of aryl methyl sites for hydroxylation is 1. The van der Waals surface area contributed by atoms with Gasteiger partial charge in [-0.2, -0.15) is 0 Å². The van der Waals surface area contributed by atoms with Crippen LogP contribution in [0.3, 0.4) is 0 Å². The fraction of sp³-hybridized carbons (Fsp3) is 0.429. The molecule has 0 bridgehead atoms. The molecule has 0 fully saturated rings. The van der Waals surface area contributed by atoms with E-state index in [0.29, 0.717) is 5.92 Å². The van der Waals surface area contributed by atoms with Crippen molar-refractivity contribution in [2.75, 3.05) is 6.54 Å². The van der Waals surface area contributed by atoms with Gasteiger partial charge in [-0.3, -0.25) is 0 Å². The molecule has 0 aliphatic rings. The standard InChI is InChI=1S/C14H18BrN3S/c1-9(2)7-16-8-13-17-18-14(19-13)11-4-10(3)5-12(15)6-11/h4-6,9,16H,7-8H2,1-3H3. The van der Waals surface area contributed by atoms with E-state index in [1.54, 1.807) is 11.3 Å². The molecule has 1 aromatic carbocycles. The zero-order valence-electron chi connectivity index (χ0n) is 11.4. The average Bonchev–Trinajstić information content (AvgIpc) is 2.76. The molecular formula is C14H18BrN3S. The van der Waals surface area contributed by atoms with E-state index >= 15 is 0 Å². The Morgan fingerprint density at radius 2 is 2.05 bits per heavy atom. The third-order valence-corrected chi connectivity index (χ3v) is 4.01. The van der Waals surface area contributed by atoms with E-state index in [-0.39, 0.29) is 0 Å². The monoisotopic (exact) mass is 339 g/mol. The molecule has 0 aliphatic carbocycles. The first kappa shape index (κ1) is 14.6. The fourth-order valence-corrected chi connectivity index (χ4v) is 3.17. The highest BCUT2D eigenvalue weighted by Crippen LogP contribution is 2.27. The molecule has 102 valence electrons. The van der Waals surface area contributed by atoms with Crippen LogP contribution in [0.4, 0.5) is 0 Å². The molecule has 19 heavy (non-hydrogen) atoms. The molecule has 1 N–H and O–H groups in total. The summed E-state index contributed by atoms with van der Waals surface area (Å²) in [5.41, 5.74) is 2.35. The minimum absolute atomic E-state index is 0.653. The van der Waals surface area contributed by atoms with E-state index in [1.807, 2.05) is 0 Å². The van der Waals surface area contributed by atoms with Gasteiger partial charge in [0.2, 0.25) is 0 Å². The Balaban J connectivity index is 2.07. The molecule has 2 aromatic rings. The highest BCUT2D eigenvalue weighted by Gasteiger charge is 2.08. The van der Waals surface area contributed by atoms with Crippen molar-refractivity contribution in [3.8, 4) is 10.6 Å². The topological polar surface area (TPSA) is 37.8 Å². The van der Waals surface area contributed by atoms with Gasteiger partial charge in [0.15, 0.2) is 0 Å². The maximum atomic E-state index is 4.27. The minimum atomic E-state index is 0.653. The van der Waals surface area contributed by atoms with Crippen LogP contribution in [0.1, 0.15) is 24.4 Å². The lowest BCUT2D eigenvalue weighted by Gasteiger charge is -2.04. The first-order valence-corrected chi connectivity index (χ1v) is 7.96. The van der Waals surface area contributed by atoms with Gasteiger partial charge in [0.25, 0.3) is 0 Å². The number of benzene rings is 1. The normalized spacial score (nSPS) is 11.2. The molecule has 0 amide bonds. The smallest absolute Gasteiger partial charge is 0.147 e. The largest absolute Gasteiger partial charge is 0.310 e. The molecule has 5 heteroatoms. The summed E-state index contributed by atoms with van der Waals surface area (Å²) >= 11 is 5.17. The van der Waals surface area contributed by atoms with E-state index in [9.17, 15) is 0 Å². The highest BCUT2D eigenvalue weighted by molar-refractivity contribution is 9.10. The number of hydrogen-bond donors (Lipinski definition) is 1. The lowest BCUT2D eigenvalue weighted by molar-refractivity contribution is 0.550. The maximum absolute atomic E-state index is 4.27. The van der Waals surface area contributed by atoms with Crippen molar-refractivity contribution in [1.82, 2.24) is 15.5 Å². The lowest BCUT2D eigenvalue weighted by atomic mass is 10.1. The number of rotatable bonds is 5. The molecular weight excluding hydrogens is 322 g/mol. The average molecular weight is 340 g/mol. The summed E-state index contributed by atoms with van der Waals surface area (Å²) in [6.07, 6.45) is 0. The van der Waals surface area contributed by atoms with Crippen molar-refractivity contribution in [3.05, 3.63) is 33.2 Å². The Morgan fingerprint density at radius 3 is 2.74 bits per heavy atom. The Labute approximate surface area is 126 Å². The molecule has 0 saturated carbocycles. The molecule has 1 aromatic heterocycles. The first-order chi connectivity index (χ1) is 9.04. The number of hydrogen-bond acceptors (Lipinski definition) is 4. The number of halogens is 1. The van der Waals surface area contributed by atoms with Crippen LogP contribution in [0.2, 0.25) is 0 Å². The van der Waals surface area contributed by atoms with Crippen LogP contribution >= 0.6 is 27.3 Å². The van der Waals surface area contributed by atoms with Crippen molar-refractivity contribution in [3.63, 3.8) is 0 Å². The summed E-state index contributed by atoms with van der Waals surface area (Å²) in [6.45, 7) is 8.28. The van der Waals surface area contributed by atoms with Crippen LogP contribution in [-0.2, 0) is 6.54 Å². The van der Waals surface area contributed by atoms with Crippen molar-refractivity contribution in [2.45, 2.75) is 27.3 Å². The van der Waals surface area contributed by atoms with Crippen LogP contribution in [0, 0.1) is 12.8 Å². The van der Waals surface area contributed by atoms with E-state index in [4.69, 9.17) is 0 Å². The molecule has 2 rings (SSSR count). The quantitative estimate of drug-likeness (QED) is 0.893. The second-order valence-electron chi connectivity index (χ2n) is 5.04. The van der Waals surface area contributed by atoms with Crippen molar-refractivity contribution < 1.29 is 0 Å². The van der Waals surface area contributed by atoms with E-state index in [2.05, 4.69) is 70.4 Å². The lowest BCUT2D eigenvalue weighted by Crippen LogP contribution is -2.18. The molecule has 0 spiro atoms. The van der Waals surface area contributed by atoms with Crippen molar-refractivity contribution in [2.24, 2.45) is 5.92 Å². The summed E-state index contributed by atoms with van der Waals surface area (Å²) in [4.78, 5) is 0. The number of nitrogens with zero attached hydrogens (tertiary/aromatic N) is 2. The van der Waals surface area contributed by atoms with Crippen LogP contribution in [-0.4, -0.2) is 16.7 Å². The van der Waals surface area contributed by atoms with Gasteiger partial charge in [-0.1, -0.05) is 41.1 Å². The van der Waals surface area contributed by atoms with Gasteiger partial charge < -0.3 is 5.32 Å². The Hall–Kier alpha value is -0.780. The molecule has 0 atom stereocenters. The van der Waals surface area contributed by atoms with Gasteiger partial charge in [-0.25, -0.2) is 0 Å². The number of nitrogens with one attached hydrogen (secondary N) is 1. The summed E-state index contributed by atoms with van der Waals surface area (Å²) < 4.78 is 1.08. The summed E-state index contributed by atoms with van der Waals surface area (Å²) in [7, 11) is 0. The second-order valence-corrected chi connectivity index (χ2v) is 7.02. The summed E-state index contributed by atoms with van der Waals surface area (Å²) in [6, 6.07) is 6.31. The summed E-state index contributed by atoms with van der Waals surface area (Å²) in [5, 5.41) is 13.9. The third kappa shape index (κ3) is 4.37. The SMILES string of the molecule is Cc1cc(Br)cc(-c2nnc(CNCC(C)C)s2)c1. The second kappa shape index (κ2) is 6.59. The molecule has 3 nitrogen and oxygen atoms in total. The van der Waals surface area contributed by atoms with Gasteiger partial charge in [0, 0.05) is 16.6 Å². The molecule has 0 saturated heterocycles. The van der Waals surface area contributed by atoms with Crippen LogP contribution in [0.15, 0.2) is 22.7 Å². The zero-order chi connectivity index (χ0) is 13.8. The van der Waals surface area contributed by atoms with E-state index in [0.717, 1.165) is 33.1 Å². The number of aromatic nitrogens is 2. The van der Waals surface area contributed by atoms with Crippen molar-refractivity contribution >= 4 is 27.3 Å². The van der Waals surface area contributed by atoms with Crippen molar-refractivity contribution in [1.29, 1.82) is 0 Å². The first-order valence-electron chi connectivity index (χ1n) is 6.35. The molecule has 0 radical (unpaired) electrons. The third-order valence-electron chi connectivity index (χ3n) is 2.58. The van der Waals surface area contributed by atoms with Gasteiger partial charge in [0.05, 0.1) is 0 Å². The van der Waals surface area contributed by atoms with Gasteiger partial charge in [0.1, 0.15) is 10.0 Å². The minimum Gasteiger partial charge on any atom is -0.310 e. The fourth-order valence-electron chi connectivity index (χ4n) is 1.77. The zero-order valence-corrected chi connectivity index (χ0v) is 13.8. The molecule has 1 heterocycles. The Kier molecular flexibility index (Phi) is 5.07. The van der Waals surface area contributed by atoms with Gasteiger partial charge in [-0.05, 0) is 43.1 Å². The predicted octanol–water partition coefficient (Wildman–Crippen LogP) is 4.02. The van der Waals surface area contributed by atoms with Gasteiger partial charge >= 0.3 is 0 Å². The van der Waals surface area contributed by atoms with E-state index < -0.39 is 0 Å².